The van der Waals surface area contributed by atoms with Crippen molar-refractivity contribution < 1.29 is 14.5 Å². The number of aromatic nitrogens is 1. The standard InChI is InChI=1S/C22H16ClN3O5S/c1-12-18(21(28)31-2)19(14-5-7-15(23)8-6-14)25-20(27)17(32-22(25)24-12)11-13-3-9-16(10-4-13)26(29)30/h3-11,19H,1-2H3. The highest BCUT2D eigenvalue weighted by molar-refractivity contribution is 7.07. The number of carbonyl (C=O) groups is 1. The number of ether oxygens (including phenoxy) is 1. The molecule has 32 heavy (non-hydrogen) atoms. The minimum atomic E-state index is -0.727. The van der Waals surface area contributed by atoms with E-state index in [1.54, 1.807) is 49.4 Å². The molecular weight excluding hydrogens is 454 g/mol. The van der Waals surface area contributed by atoms with Crippen molar-refractivity contribution in [2.45, 2.75) is 13.0 Å². The van der Waals surface area contributed by atoms with E-state index >= 15 is 0 Å². The largest absolute Gasteiger partial charge is 0.466 e. The van der Waals surface area contributed by atoms with Crippen LogP contribution in [0.15, 0.2) is 69.6 Å². The van der Waals surface area contributed by atoms with Crippen LogP contribution in [-0.2, 0) is 9.53 Å². The Morgan fingerprint density at radius 1 is 1.22 bits per heavy atom. The number of benzene rings is 2. The van der Waals surface area contributed by atoms with Gasteiger partial charge in [-0.05, 0) is 48.4 Å². The number of nitro benzene ring substituents is 1. The van der Waals surface area contributed by atoms with Gasteiger partial charge in [0.2, 0.25) is 0 Å². The van der Waals surface area contributed by atoms with Crippen LogP contribution in [-0.4, -0.2) is 22.6 Å². The van der Waals surface area contributed by atoms with Crippen molar-refractivity contribution in [2.75, 3.05) is 7.11 Å². The number of halogens is 1. The Labute approximate surface area is 190 Å². The number of non-ortho nitro benzene ring substituents is 1. The Hall–Kier alpha value is -3.56. The Kier molecular flexibility index (Phi) is 5.77. The summed E-state index contributed by atoms with van der Waals surface area (Å²) in [5.41, 5.74) is 1.68. The first-order valence-corrected chi connectivity index (χ1v) is 10.6. The van der Waals surface area contributed by atoms with Gasteiger partial charge in [0.1, 0.15) is 0 Å². The van der Waals surface area contributed by atoms with E-state index in [-0.39, 0.29) is 16.8 Å². The molecule has 1 aliphatic heterocycles. The molecule has 0 fully saturated rings. The van der Waals surface area contributed by atoms with E-state index in [2.05, 4.69) is 4.99 Å². The van der Waals surface area contributed by atoms with Crippen molar-refractivity contribution in [3.05, 3.63) is 106 Å². The van der Waals surface area contributed by atoms with E-state index in [1.165, 1.54) is 35.1 Å². The number of thiazole rings is 1. The molecule has 0 aliphatic carbocycles. The predicted octanol–water partition coefficient (Wildman–Crippen LogP) is 2.97. The fourth-order valence-corrected chi connectivity index (χ4v) is 4.67. The zero-order valence-electron chi connectivity index (χ0n) is 16.9. The van der Waals surface area contributed by atoms with Crippen LogP contribution in [0.2, 0.25) is 5.02 Å². The van der Waals surface area contributed by atoms with Crippen molar-refractivity contribution in [3.63, 3.8) is 0 Å². The smallest absolute Gasteiger partial charge is 0.338 e. The van der Waals surface area contributed by atoms with Crippen LogP contribution in [0, 0.1) is 10.1 Å². The average Bonchev–Trinajstić information content (AvgIpc) is 3.08. The third kappa shape index (κ3) is 3.88. The number of hydrogen-bond donors (Lipinski definition) is 0. The van der Waals surface area contributed by atoms with Gasteiger partial charge in [0.25, 0.3) is 11.2 Å². The molecule has 1 unspecified atom stereocenters. The van der Waals surface area contributed by atoms with Gasteiger partial charge in [-0.2, -0.15) is 0 Å². The first-order chi connectivity index (χ1) is 15.3. The average molecular weight is 470 g/mol. The summed E-state index contributed by atoms with van der Waals surface area (Å²) in [4.78, 5) is 41.3. The van der Waals surface area contributed by atoms with E-state index in [9.17, 15) is 19.7 Å². The summed E-state index contributed by atoms with van der Waals surface area (Å²) in [5.74, 6) is -0.573. The lowest BCUT2D eigenvalue weighted by Gasteiger charge is -2.24. The van der Waals surface area contributed by atoms with E-state index in [4.69, 9.17) is 16.3 Å². The highest BCUT2D eigenvalue weighted by atomic mass is 35.5. The van der Waals surface area contributed by atoms with Gasteiger partial charge in [0.15, 0.2) is 4.80 Å². The normalized spacial score (nSPS) is 15.8. The van der Waals surface area contributed by atoms with Crippen LogP contribution in [0.1, 0.15) is 24.1 Å². The van der Waals surface area contributed by atoms with Gasteiger partial charge in [-0.1, -0.05) is 35.1 Å². The molecule has 0 amide bonds. The number of rotatable bonds is 4. The number of esters is 1. The summed E-state index contributed by atoms with van der Waals surface area (Å²) in [5, 5.41) is 11.4. The highest BCUT2D eigenvalue weighted by Gasteiger charge is 2.33. The minimum absolute atomic E-state index is 0.0373. The molecule has 0 N–H and O–H groups in total. The van der Waals surface area contributed by atoms with Gasteiger partial charge in [-0.25, -0.2) is 9.79 Å². The van der Waals surface area contributed by atoms with Gasteiger partial charge >= 0.3 is 5.97 Å². The number of nitro groups is 1. The third-order valence-corrected chi connectivity index (χ3v) is 6.25. The molecule has 0 saturated carbocycles. The van der Waals surface area contributed by atoms with Crippen molar-refractivity contribution in [1.82, 2.24) is 4.57 Å². The molecule has 1 aliphatic rings. The number of allylic oxidation sites excluding steroid dienone is 1. The molecule has 8 nitrogen and oxygen atoms in total. The lowest BCUT2D eigenvalue weighted by Crippen LogP contribution is -2.39. The number of nitrogens with zero attached hydrogens (tertiary/aromatic N) is 3. The van der Waals surface area contributed by atoms with Gasteiger partial charge < -0.3 is 4.74 Å². The van der Waals surface area contributed by atoms with Crippen LogP contribution in [0.5, 0.6) is 0 Å². The van der Waals surface area contributed by atoms with Crippen molar-refractivity contribution in [2.24, 2.45) is 4.99 Å². The van der Waals surface area contributed by atoms with Crippen LogP contribution in [0.3, 0.4) is 0 Å². The summed E-state index contributed by atoms with van der Waals surface area (Å²) in [6.45, 7) is 1.70. The van der Waals surface area contributed by atoms with Gasteiger partial charge in [0, 0.05) is 17.2 Å². The number of methoxy groups -OCH3 is 1. The second kappa shape index (κ2) is 8.52. The van der Waals surface area contributed by atoms with Gasteiger partial charge in [0.05, 0.1) is 33.9 Å². The number of carbonyl (C=O) groups excluding carboxylic acids is 1. The number of hydrogen-bond acceptors (Lipinski definition) is 7. The van der Waals surface area contributed by atoms with Gasteiger partial charge in [-0.3, -0.25) is 19.5 Å². The van der Waals surface area contributed by atoms with Crippen molar-refractivity contribution >= 4 is 40.7 Å². The first kappa shape index (κ1) is 21.7. The maximum Gasteiger partial charge on any atom is 0.338 e. The van der Waals surface area contributed by atoms with Crippen molar-refractivity contribution in [1.29, 1.82) is 0 Å². The Balaban J connectivity index is 1.92. The molecule has 2 heterocycles. The minimum Gasteiger partial charge on any atom is -0.466 e. The summed E-state index contributed by atoms with van der Waals surface area (Å²) in [7, 11) is 1.28. The Morgan fingerprint density at radius 2 is 1.88 bits per heavy atom. The lowest BCUT2D eigenvalue weighted by molar-refractivity contribution is -0.384. The molecule has 10 heteroatoms. The second-order valence-electron chi connectivity index (χ2n) is 6.97. The quantitative estimate of drug-likeness (QED) is 0.332. The molecule has 1 aromatic heterocycles. The maximum atomic E-state index is 13.4. The summed E-state index contributed by atoms with van der Waals surface area (Å²) in [6, 6.07) is 12.0. The monoisotopic (exact) mass is 469 g/mol. The Morgan fingerprint density at radius 3 is 2.47 bits per heavy atom. The molecule has 1 atom stereocenters. The molecule has 0 radical (unpaired) electrons. The fourth-order valence-electron chi connectivity index (χ4n) is 3.50. The topological polar surface area (TPSA) is 104 Å². The van der Waals surface area contributed by atoms with Crippen molar-refractivity contribution in [3.8, 4) is 0 Å². The molecule has 0 bridgehead atoms. The maximum absolute atomic E-state index is 13.4. The predicted molar refractivity (Wildman–Crippen MR) is 120 cm³/mol. The Bertz CT molecular complexity index is 1440. The second-order valence-corrected chi connectivity index (χ2v) is 8.42. The van der Waals surface area contributed by atoms with E-state index in [1.807, 2.05) is 0 Å². The van der Waals surface area contributed by atoms with E-state index < -0.39 is 16.9 Å². The SMILES string of the molecule is COC(=O)C1=C(C)N=c2sc(=Cc3ccc([N+](=O)[O-])cc3)c(=O)n2C1c1ccc(Cl)cc1. The first-order valence-electron chi connectivity index (χ1n) is 9.41. The molecule has 0 spiro atoms. The molecule has 162 valence electrons. The lowest BCUT2D eigenvalue weighted by atomic mass is 9.96. The van der Waals surface area contributed by atoms with Crippen LogP contribution < -0.4 is 14.9 Å². The van der Waals surface area contributed by atoms with Crippen LogP contribution in [0.25, 0.3) is 6.08 Å². The zero-order valence-corrected chi connectivity index (χ0v) is 18.5. The molecule has 2 aromatic carbocycles. The third-order valence-electron chi connectivity index (χ3n) is 5.01. The van der Waals surface area contributed by atoms with E-state index in [0.29, 0.717) is 31.2 Å². The summed E-state index contributed by atoms with van der Waals surface area (Å²) >= 11 is 7.20. The fraction of sp³-hybridized carbons (Fsp3) is 0.136. The summed E-state index contributed by atoms with van der Waals surface area (Å²) < 4.78 is 6.81. The van der Waals surface area contributed by atoms with Crippen LogP contribution >= 0.6 is 22.9 Å². The van der Waals surface area contributed by atoms with E-state index in [0.717, 1.165) is 0 Å². The molecule has 0 saturated heterocycles. The summed E-state index contributed by atoms with van der Waals surface area (Å²) in [6.07, 6.45) is 1.64. The van der Waals surface area contributed by atoms with Gasteiger partial charge in [-0.15, -0.1) is 0 Å². The van der Waals surface area contributed by atoms with Crippen LogP contribution in [0.4, 0.5) is 5.69 Å². The molecular formula is C22H16ClN3O5S. The zero-order chi connectivity index (χ0) is 23.0. The molecule has 4 rings (SSSR count). The molecule has 3 aromatic rings. The highest BCUT2D eigenvalue weighted by Crippen LogP contribution is 2.31. The number of fused-ring (bicyclic) bond motifs is 1.